The van der Waals surface area contributed by atoms with Crippen molar-refractivity contribution in [3.05, 3.63) is 35.9 Å². The van der Waals surface area contributed by atoms with E-state index in [2.05, 4.69) is 0 Å². The molecule has 0 aromatic heterocycles. The van der Waals surface area contributed by atoms with Gasteiger partial charge in [-0.25, -0.2) is 4.79 Å². The summed E-state index contributed by atoms with van der Waals surface area (Å²) < 4.78 is 10.4. The van der Waals surface area contributed by atoms with Crippen LogP contribution in [0.2, 0.25) is 0 Å². The zero-order chi connectivity index (χ0) is 14.8. The highest BCUT2D eigenvalue weighted by atomic mass is 16.6. The summed E-state index contributed by atoms with van der Waals surface area (Å²) >= 11 is 0. The molecule has 0 bridgehead atoms. The molecule has 1 atom stereocenters. The van der Waals surface area contributed by atoms with Gasteiger partial charge in [0.05, 0.1) is 6.61 Å². The molecule has 0 spiro atoms. The fourth-order valence-electron chi connectivity index (χ4n) is 1.67. The maximum Gasteiger partial charge on any atom is 0.352 e. The molecule has 4 nitrogen and oxygen atoms in total. The molecule has 0 aliphatic carbocycles. The van der Waals surface area contributed by atoms with Crippen LogP contribution in [0.15, 0.2) is 30.3 Å². The van der Waals surface area contributed by atoms with Gasteiger partial charge >= 0.3 is 11.9 Å². The molecule has 1 aromatic rings. The first-order chi connectivity index (χ1) is 9.69. The Morgan fingerprint density at radius 2 is 1.80 bits per heavy atom. The molecule has 1 unspecified atom stereocenters. The third-order valence-electron chi connectivity index (χ3n) is 2.76. The van der Waals surface area contributed by atoms with Gasteiger partial charge in [-0.3, -0.25) is 4.79 Å². The topological polar surface area (TPSA) is 52.6 Å². The van der Waals surface area contributed by atoms with Gasteiger partial charge < -0.3 is 9.47 Å². The number of rotatable bonds is 8. The van der Waals surface area contributed by atoms with E-state index in [1.807, 2.05) is 19.9 Å². The number of carbonyl (C=O) groups excluding carboxylic acids is 2. The van der Waals surface area contributed by atoms with Gasteiger partial charge in [0.1, 0.15) is 0 Å². The average molecular weight is 278 g/mol. The van der Waals surface area contributed by atoms with E-state index in [-0.39, 0.29) is 5.97 Å². The van der Waals surface area contributed by atoms with Crippen LogP contribution in [-0.2, 0) is 19.1 Å². The Kier molecular flexibility index (Phi) is 7.40. The molecule has 0 N–H and O–H groups in total. The number of hydrogen-bond acceptors (Lipinski definition) is 4. The molecule has 0 heterocycles. The van der Waals surface area contributed by atoms with E-state index in [0.29, 0.717) is 25.0 Å². The Morgan fingerprint density at radius 1 is 1.10 bits per heavy atom. The molecule has 0 saturated carbocycles. The smallest absolute Gasteiger partial charge is 0.352 e. The molecule has 0 fully saturated rings. The van der Waals surface area contributed by atoms with E-state index in [1.165, 1.54) is 0 Å². The third-order valence-corrected chi connectivity index (χ3v) is 2.76. The predicted molar refractivity (Wildman–Crippen MR) is 76.1 cm³/mol. The molecule has 0 saturated heterocycles. The average Bonchev–Trinajstić information content (AvgIpc) is 2.46. The first-order valence-corrected chi connectivity index (χ1v) is 7.10. The lowest BCUT2D eigenvalue weighted by Crippen LogP contribution is -2.22. The van der Waals surface area contributed by atoms with Crippen molar-refractivity contribution in [3.63, 3.8) is 0 Å². The monoisotopic (exact) mass is 278 g/mol. The Balaban J connectivity index is 2.73. The van der Waals surface area contributed by atoms with Crippen molar-refractivity contribution < 1.29 is 19.1 Å². The number of carbonyl (C=O) groups is 2. The highest BCUT2D eigenvalue weighted by Gasteiger charge is 2.26. The van der Waals surface area contributed by atoms with Crippen LogP contribution in [0.25, 0.3) is 0 Å². The third kappa shape index (κ3) is 5.43. The Hall–Kier alpha value is -1.84. The first-order valence-electron chi connectivity index (χ1n) is 7.10. The van der Waals surface area contributed by atoms with Gasteiger partial charge in [0.25, 0.3) is 0 Å². The molecule has 0 aliphatic heterocycles. The lowest BCUT2D eigenvalue weighted by atomic mass is 10.1. The zero-order valence-electron chi connectivity index (χ0n) is 12.1. The summed E-state index contributed by atoms with van der Waals surface area (Å²) in [4.78, 5) is 23.7. The molecule has 20 heavy (non-hydrogen) atoms. The maximum atomic E-state index is 12.1. The summed E-state index contributed by atoms with van der Waals surface area (Å²) in [5.41, 5.74) is 0.637. The molecular weight excluding hydrogens is 256 g/mol. The van der Waals surface area contributed by atoms with Crippen LogP contribution in [0.3, 0.4) is 0 Å². The van der Waals surface area contributed by atoms with Gasteiger partial charge in [0, 0.05) is 12.0 Å². The molecule has 1 rings (SSSR count). The van der Waals surface area contributed by atoms with Crippen molar-refractivity contribution in [1.29, 1.82) is 0 Å². The van der Waals surface area contributed by atoms with Crippen molar-refractivity contribution in [2.24, 2.45) is 0 Å². The minimum absolute atomic E-state index is 0.297. The molecular formula is C16H22O4. The van der Waals surface area contributed by atoms with Gasteiger partial charge in [-0.05, 0) is 12.8 Å². The van der Waals surface area contributed by atoms with Crippen LogP contribution in [0.5, 0.6) is 0 Å². The van der Waals surface area contributed by atoms with Crippen molar-refractivity contribution in [3.8, 4) is 0 Å². The lowest BCUT2D eigenvalue weighted by Gasteiger charge is -2.17. The van der Waals surface area contributed by atoms with Crippen molar-refractivity contribution in [2.45, 2.75) is 45.6 Å². The van der Waals surface area contributed by atoms with E-state index in [9.17, 15) is 9.59 Å². The Bertz CT molecular complexity index is 414. The van der Waals surface area contributed by atoms with Crippen LogP contribution in [-0.4, -0.2) is 18.5 Å². The van der Waals surface area contributed by atoms with Gasteiger partial charge in [0.2, 0.25) is 6.10 Å². The van der Waals surface area contributed by atoms with Crippen molar-refractivity contribution in [2.75, 3.05) is 6.61 Å². The SMILES string of the molecule is CCCCOC(=O)C(OC(=O)CCC)c1ccccc1. The zero-order valence-corrected chi connectivity index (χ0v) is 12.1. The van der Waals surface area contributed by atoms with Crippen LogP contribution in [0, 0.1) is 0 Å². The Labute approximate surface area is 120 Å². The van der Waals surface area contributed by atoms with Gasteiger partial charge in [0.15, 0.2) is 0 Å². The lowest BCUT2D eigenvalue weighted by molar-refractivity contribution is -0.168. The van der Waals surface area contributed by atoms with Crippen LogP contribution in [0.4, 0.5) is 0 Å². The fraction of sp³-hybridized carbons (Fsp3) is 0.500. The number of benzene rings is 1. The quantitative estimate of drug-likeness (QED) is 0.540. The van der Waals surface area contributed by atoms with Crippen molar-refractivity contribution >= 4 is 11.9 Å². The molecule has 0 aliphatic rings. The summed E-state index contributed by atoms with van der Waals surface area (Å²) in [6.45, 7) is 4.26. The standard InChI is InChI=1S/C16H22O4/c1-3-5-12-19-16(18)15(20-14(17)9-4-2)13-10-7-6-8-11-13/h6-8,10-11,15H,3-5,9,12H2,1-2H3. The minimum atomic E-state index is -0.966. The second-order valence-corrected chi connectivity index (χ2v) is 4.55. The normalized spacial score (nSPS) is 11.7. The fourth-order valence-corrected chi connectivity index (χ4v) is 1.67. The second kappa shape index (κ2) is 9.13. The van der Waals surface area contributed by atoms with E-state index in [1.54, 1.807) is 24.3 Å². The van der Waals surface area contributed by atoms with E-state index in [4.69, 9.17) is 9.47 Å². The number of esters is 2. The van der Waals surface area contributed by atoms with Crippen molar-refractivity contribution in [1.82, 2.24) is 0 Å². The Morgan fingerprint density at radius 3 is 2.40 bits per heavy atom. The summed E-state index contributed by atoms with van der Waals surface area (Å²) in [7, 11) is 0. The molecule has 0 radical (unpaired) electrons. The molecule has 0 amide bonds. The number of ether oxygens (including phenoxy) is 2. The number of hydrogen-bond donors (Lipinski definition) is 0. The van der Waals surface area contributed by atoms with Gasteiger partial charge in [-0.1, -0.05) is 50.6 Å². The van der Waals surface area contributed by atoms with Crippen LogP contribution < -0.4 is 0 Å². The summed E-state index contributed by atoms with van der Waals surface area (Å²) in [6, 6.07) is 8.96. The van der Waals surface area contributed by atoms with Crippen LogP contribution in [0.1, 0.15) is 51.2 Å². The predicted octanol–water partition coefficient (Wildman–Crippen LogP) is 3.41. The highest BCUT2D eigenvalue weighted by Crippen LogP contribution is 2.20. The highest BCUT2D eigenvalue weighted by molar-refractivity contribution is 5.80. The maximum absolute atomic E-state index is 12.1. The number of unbranched alkanes of at least 4 members (excludes halogenated alkanes) is 1. The minimum Gasteiger partial charge on any atom is -0.463 e. The molecule has 4 heteroatoms. The largest absolute Gasteiger partial charge is 0.463 e. The summed E-state index contributed by atoms with van der Waals surface area (Å²) in [5, 5.41) is 0. The second-order valence-electron chi connectivity index (χ2n) is 4.55. The van der Waals surface area contributed by atoms with Crippen LogP contribution >= 0.6 is 0 Å². The van der Waals surface area contributed by atoms with E-state index in [0.717, 1.165) is 12.8 Å². The summed E-state index contributed by atoms with van der Waals surface area (Å²) in [6.07, 6.45) is 1.76. The molecule has 1 aromatic carbocycles. The first kappa shape index (κ1) is 16.2. The summed E-state index contributed by atoms with van der Waals surface area (Å²) in [5.74, 6) is -0.886. The van der Waals surface area contributed by atoms with Gasteiger partial charge in [-0.15, -0.1) is 0 Å². The van der Waals surface area contributed by atoms with E-state index < -0.39 is 12.1 Å². The van der Waals surface area contributed by atoms with Gasteiger partial charge in [-0.2, -0.15) is 0 Å². The molecule has 110 valence electrons. The van der Waals surface area contributed by atoms with E-state index >= 15 is 0 Å².